The van der Waals surface area contributed by atoms with Crippen molar-refractivity contribution >= 4 is 35.2 Å². The number of piperidine rings is 1. The molecule has 8 heteroatoms. The first-order valence-electron chi connectivity index (χ1n) is 10.2. The number of rotatable bonds is 5. The molecule has 0 unspecified atom stereocenters. The molecule has 1 saturated heterocycles. The molecule has 0 radical (unpaired) electrons. The van der Waals surface area contributed by atoms with Gasteiger partial charge in [0.05, 0.1) is 21.7 Å². The molecule has 160 valence electrons. The summed E-state index contributed by atoms with van der Waals surface area (Å²) in [7, 11) is 0. The number of carbonyl (C=O) groups excluding carboxylic acids is 4. The van der Waals surface area contributed by atoms with Crippen molar-refractivity contribution in [2.24, 2.45) is 0 Å². The van der Waals surface area contributed by atoms with Crippen molar-refractivity contribution in [1.29, 1.82) is 0 Å². The van der Waals surface area contributed by atoms with E-state index in [4.69, 9.17) is 11.6 Å². The van der Waals surface area contributed by atoms with Crippen LogP contribution in [-0.4, -0.2) is 59.1 Å². The predicted octanol–water partition coefficient (Wildman–Crippen LogP) is 2.75. The Labute approximate surface area is 185 Å². The number of amides is 4. The molecule has 2 aromatic rings. The Balaban J connectivity index is 1.26. The minimum Gasteiger partial charge on any atom is -0.349 e. The fraction of sp³-hybridized carbons (Fsp3) is 0.304. The monoisotopic (exact) mass is 439 g/mol. The molecule has 0 saturated carbocycles. The van der Waals surface area contributed by atoms with Crippen LogP contribution in [0.2, 0.25) is 5.02 Å². The van der Waals surface area contributed by atoms with E-state index in [1.54, 1.807) is 53.4 Å². The van der Waals surface area contributed by atoms with E-state index in [1.807, 2.05) is 0 Å². The van der Waals surface area contributed by atoms with Gasteiger partial charge in [0.15, 0.2) is 0 Å². The molecule has 2 aliphatic heterocycles. The number of halogens is 1. The highest BCUT2D eigenvalue weighted by atomic mass is 35.5. The summed E-state index contributed by atoms with van der Waals surface area (Å²) in [4.78, 5) is 52.7. The van der Waals surface area contributed by atoms with E-state index in [1.165, 1.54) is 0 Å². The van der Waals surface area contributed by atoms with E-state index in [9.17, 15) is 19.2 Å². The van der Waals surface area contributed by atoms with Crippen molar-refractivity contribution in [3.05, 3.63) is 70.2 Å². The van der Waals surface area contributed by atoms with E-state index in [0.717, 1.165) is 4.90 Å². The van der Waals surface area contributed by atoms with Crippen LogP contribution in [0, 0.1) is 0 Å². The van der Waals surface area contributed by atoms with Crippen molar-refractivity contribution in [2.75, 3.05) is 19.6 Å². The van der Waals surface area contributed by atoms with Gasteiger partial charge in [-0.2, -0.15) is 0 Å². The maximum absolute atomic E-state index is 12.6. The summed E-state index contributed by atoms with van der Waals surface area (Å²) in [5, 5.41) is 3.38. The summed E-state index contributed by atoms with van der Waals surface area (Å²) in [5.74, 6) is -1.03. The van der Waals surface area contributed by atoms with Crippen LogP contribution in [0.5, 0.6) is 0 Å². The van der Waals surface area contributed by atoms with Crippen LogP contribution < -0.4 is 5.32 Å². The zero-order valence-corrected chi connectivity index (χ0v) is 17.6. The summed E-state index contributed by atoms with van der Waals surface area (Å²) >= 11 is 6.07. The number of likely N-dealkylation sites (tertiary alicyclic amines) is 1. The number of benzene rings is 2. The van der Waals surface area contributed by atoms with Crippen molar-refractivity contribution in [3.63, 3.8) is 0 Å². The van der Waals surface area contributed by atoms with E-state index < -0.39 is 0 Å². The molecule has 0 spiro atoms. The van der Waals surface area contributed by atoms with E-state index in [-0.39, 0.29) is 42.6 Å². The zero-order valence-electron chi connectivity index (χ0n) is 16.8. The third kappa shape index (κ3) is 4.32. The number of carbonyl (C=O) groups is 4. The Morgan fingerprint density at radius 3 is 2.13 bits per heavy atom. The summed E-state index contributed by atoms with van der Waals surface area (Å²) in [5.41, 5.74) is 1.20. The molecule has 2 heterocycles. The molecule has 0 aromatic heterocycles. The SMILES string of the molecule is O=C(NC1CCN(C(=O)CCN2C(=O)c3ccccc3C2=O)CC1)c1ccccc1Cl. The Morgan fingerprint density at radius 1 is 0.935 bits per heavy atom. The molecule has 1 fully saturated rings. The fourth-order valence-electron chi connectivity index (χ4n) is 3.99. The third-order valence-electron chi connectivity index (χ3n) is 5.73. The lowest BCUT2D eigenvalue weighted by Gasteiger charge is -2.32. The van der Waals surface area contributed by atoms with E-state index >= 15 is 0 Å². The Kier molecular flexibility index (Phi) is 6.04. The third-order valence-corrected chi connectivity index (χ3v) is 6.06. The van der Waals surface area contributed by atoms with Crippen LogP contribution in [-0.2, 0) is 4.79 Å². The number of hydrogen-bond donors (Lipinski definition) is 1. The first kappa shape index (κ1) is 21.1. The predicted molar refractivity (Wildman–Crippen MR) is 115 cm³/mol. The van der Waals surface area contributed by atoms with Crippen LogP contribution in [0.25, 0.3) is 0 Å². The highest BCUT2D eigenvalue weighted by Crippen LogP contribution is 2.23. The lowest BCUT2D eigenvalue weighted by Crippen LogP contribution is -2.47. The van der Waals surface area contributed by atoms with Crippen LogP contribution in [0.4, 0.5) is 0 Å². The quantitative estimate of drug-likeness (QED) is 0.726. The van der Waals surface area contributed by atoms with E-state index in [2.05, 4.69) is 5.32 Å². The van der Waals surface area contributed by atoms with Crippen molar-refractivity contribution in [1.82, 2.24) is 15.1 Å². The highest BCUT2D eigenvalue weighted by Gasteiger charge is 2.35. The number of fused-ring (bicyclic) bond motifs is 1. The molecule has 4 amide bonds. The van der Waals surface area contributed by atoms with Gasteiger partial charge < -0.3 is 10.2 Å². The average Bonchev–Trinajstić information content (AvgIpc) is 3.03. The molecule has 31 heavy (non-hydrogen) atoms. The largest absolute Gasteiger partial charge is 0.349 e. The number of nitrogens with one attached hydrogen (secondary N) is 1. The number of imide groups is 1. The van der Waals surface area contributed by atoms with Crippen molar-refractivity contribution in [2.45, 2.75) is 25.3 Å². The van der Waals surface area contributed by atoms with Gasteiger partial charge >= 0.3 is 0 Å². The van der Waals surface area contributed by atoms with Gasteiger partial charge in [0.2, 0.25) is 5.91 Å². The lowest BCUT2D eigenvalue weighted by atomic mass is 10.0. The lowest BCUT2D eigenvalue weighted by molar-refractivity contribution is -0.132. The highest BCUT2D eigenvalue weighted by molar-refractivity contribution is 6.33. The summed E-state index contributed by atoms with van der Waals surface area (Å²) in [6, 6.07) is 13.5. The maximum atomic E-state index is 12.6. The Morgan fingerprint density at radius 2 is 1.52 bits per heavy atom. The van der Waals surface area contributed by atoms with Gasteiger partial charge in [0.25, 0.3) is 17.7 Å². The molecule has 2 aliphatic rings. The summed E-state index contributed by atoms with van der Waals surface area (Å²) in [6.45, 7) is 1.08. The van der Waals surface area contributed by atoms with Crippen LogP contribution >= 0.6 is 11.6 Å². The molecule has 4 rings (SSSR count). The molecule has 1 N–H and O–H groups in total. The fourth-order valence-corrected chi connectivity index (χ4v) is 4.21. The van der Waals surface area contributed by atoms with Gasteiger partial charge in [0.1, 0.15) is 0 Å². The second-order valence-electron chi connectivity index (χ2n) is 7.67. The zero-order chi connectivity index (χ0) is 22.0. The van der Waals surface area contributed by atoms with Crippen LogP contribution in [0.15, 0.2) is 48.5 Å². The molecule has 7 nitrogen and oxygen atoms in total. The number of hydrogen-bond acceptors (Lipinski definition) is 4. The first-order chi connectivity index (χ1) is 15.0. The topological polar surface area (TPSA) is 86.8 Å². The smallest absolute Gasteiger partial charge is 0.261 e. The molecular weight excluding hydrogens is 418 g/mol. The van der Waals surface area contributed by atoms with Gasteiger partial charge in [-0.1, -0.05) is 35.9 Å². The molecular formula is C23H22ClN3O4. The minimum absolute atomic E-state index is 0.0379. The first-order valence-corrected chi connectivity index (χ1v) is 10.6. The summed E-state index contributed by atoms with van der Waals surface area (Å²) in [6.07, 6.45) is 1.35. The molecule has 0 atom stereocenters. The van der Waals surface area contributed by atoms with Gasteiger partial charge in [-0.3, -0.25) is 24.1 Å². The van der Waals surface area contributed by atoms with Crippen LogP contribution in [0.1, 0.15) is 50.3 Å². The van der Waals surface area contributed by atoms with Crippen molar-refractivity contribution in [3.8, 4) is 0 Å². The van der Waals surface area contributed by atoms with Gasteiger partial charge in [-0.05, 0) is 37.1 Å². The normalized spacial score (nSPS) is 16.4. The second-order valence-corrected chi connectivity index (χ2v) is 8.07. The summed E-state index contributed by atoms with van der Waals surface area (Å²) < 4.78 is 0. The molecule has 0 aliphatic carbocycles. The van der Waals surface area contributed by atoms with Gasteiger partial charge in [-0.25, -0.2) is 0 Å². The molecule has 0 bridgehead atoms. The second kappa shape index (κ2) is 8.89. The number of nitrogens with zero attached hydrogens (tertiary/aromatic N) is 2. The molecule has 2 aromatic carbocycles. The van der Waals surface area contributed by atoms with Gasteiger partial charge in [0, 0.05) is 32.1 Å². The van der Waals surface area contributed by atoms with Crippen LogP contribution in [0.3, 0.4) is 0 Å². The Hall–Kier alpha value is -3.19. The maximum Gasteiger partial charge on any atom is 0.261 e. The minimum atomic E-state index is -0.352. The van der Waals surface area contributed by atoms with Gasteiger partial charge in [-0.15, -0.1) is 0 Å². The standard InChI is InChI=1S/C23H22ClN3O4/c24-19-8-4-3-7-18(19)21(29)25-15-9-12-26(13-10-15)20(28)11-14-27-22(30)16-5-1-2-6-17(16)23(27)31/h1-8,15H,9-14H2,(H,25,29). The van der Waals surface area contributed by atoms with E-state index in [0.29, 0.717) is 47.6 Å². The average molecular weight is 440 g/mol. The Bertz CT molecular complexity index is 1010. The van der Waals surface area contributed by atoms with Crippen molar-refractivity contribution < 1.29 is 19.2 Å².